The maximum absolute atomic E-state index is 6.09. The zero-order chi connectivity index (χ0) is 13.1. The molecule has 0 bridgehead atoms. The predicted molar refractivity (Wildman–Crippen MR) is 79.7 cm³/mol. The van der Waals surface area contributed by atoms with Crippen LogP contribution in [0.4, 0.5) is 0 Å². The van der Waals surface area contributed by atoms with Crippen molar-refractivity contribution in [3.05, 3.63) is 42.5 Å². The Kier molecular flexibility index (Phi) is 3.69. The van der Waals surface area contributed by atoms with E-state index in [0.717, 1.165) is 24.8 Å². The third-order valence-corrected chi connectivity index (χ3v) is 3.69. The van der Waals surface area contributed by atoms with Gasteiger partial charge in [0.1, 0.15) is 11.9 Å². The van der Waals surface area contributed by atoms with Crippen molar-refractivity contribution in [1.29, 1.82) is 0 Å². The van der Waals surface area contributed by atoms with Crippen molar-refractivity contribution in [3.8, 4) is 5.75 Å². The molecular formula is C17H21NO. The molecule has 3 rings (SSSR count). The van der Waals surface area contributed by atoms with Crippen LogP contribution >= 0.6 is 0 Å². The van der Waals surface area contributed by atoms with Crippen molar-refractivity contribution >= 4 is 10.8 Å². The molecule has 1 aliphatic carbocycles. The third kappa shape index (κ3) is 3.27. The molecule has 2 aromatic carbocycles. The molecular weight excluding hydrogens is 234 g/mol. The van der Waals surface area contributed by atoms with E-state index in [1.807, 2.05) is 0 Å². The van der Waals surface area contributed by atoms with Crippen molar-refractivity contribution in [2.45, 2.75) is 38.3 Å². The summed E-state index contributed by atoms with van der Waals surface area (Å²) in [5.41, 5.74) is 0. The van der Waals surface area contributed by atoms with E-state index in [1.54, 1.807) is 0 Å². The van der Waals surface area contributed by atoms with Crippen LogP contribution < -0.4 is 10.1 Å². The van der Waals surface area contributed by atoms with E-state index < -0.39 is 0 Å². The lowest BCUT2D eigenvalue weighted by molar-refractivity contribution is 0.193. The highest BCUT2D eigenvalue weighted by atomic mass is 16.5. The number of nitrogens with one attached hydrogen (secondary N) is 1. The molecule has 1 saturated carbocycles. The number of hydrogen-bond acceptors (Lipinski definition) is 2. The second-order valence-corrected chi connectivity index (χ2v) is 5.34. The molecule has 0 heterocycles. The first-order valence-corrected chi connectivity index (χ1v) is 7.24. The Labute approximate surface area is 114 Å². The summed E-state index contributed by atoms with van der Waals surface area (Å²) in [7, 11) is 0. The Balaban J connectivity index is 1.67. The van der Waals surface area contributed by atoms with E-state index in [2.05, 4.69) is 54.7 Å². The molecule has 1 N–H and O–H groups in total. The van der Waals surface area contributed by atoms with E-state index in [4.69, 9.17) is 4.74 Å². The van der Waals surface area contributed by atoms with Gasteiger partial charge in [0.25, 0.3) is 0 Å². The lowest BCUT2D eigenvalue weighted by atomic mass is 10.1. The van der Waals surface area contributed by atoms with Crippen LogP contribution in [-0.4, -0.2) is 18.7 Å². The summed E-state index contributed by atoms with van der Waals surface area (Å²) in [6, 6.07) is 15.5. The zero-order valence-corrected chi connectivity index (χ0v) is 11.4. The summed E-state index contributed by atoms with van der Waals surface area (Å²) in [6.45, 7) is 3.13. The van der Waals surface area contributed by atoms with Gasteiger partial charge in [-0.15, -0.1) is 0 Å². The zero-order valence-electron chi connectivity index (χ0n) is 11.4. The van der Waals surface area contributed by atoms with E-state index in [0.29, 0.717) is 0 Å². The minimum absolute atomic E-state index is 0.266. The normalized spacial score (nSPS) is 16.5. The first kappa shape index (κ1) is 12.5. The standard InChI is InChI=1S/C17H21NO/c1-2-16(12-18-15-8-9-15)19-17-10-7-13-5-3-4-6-14(13)11-17/h3-7,10-11,15-16,18H,2,8-9,12H2,1H3. The number of benzene rings is 2. The first-order chi connectivity index (χ1) is 9.35. The van der Waals surface area contributed by atoms with Gasteiger partial charge >= 0.3 is 0 Å². The molecule has 2 heteroatoms. The Morgan fingerprint density at radius 3 is 2.68 bits per heavy atom. The van der Waals surface area contributed by atoms with Crippen molar-refractivity contribution in [1.82, 2.24) is 5.32 Å². The summed E-state index contributed by atoms with van der Waals surface area (Å²) in [4.78, 5) is 0. The van der Waals surface area contributed by atoms with Gasteiger partial charge in [-0.3, -0.25) is 0 Å². The molecule has 0 aliphatic heterocycles. The highest BCUT2D eigenvalue weighted by molar-refractivity contribution is 5.83. The topological polar surface area (TPSA) is 21.3 Å². The molecule has 2 nitrogen and oxygen atoms in total. The van der Waals surface area contributed by atoms with Crippen molar-refractivity contribution in [2.75, 3.05) is 6.54 Å². The quantitative estimate of drug-likeness (QED) is 0.848. The third-order valence-electron chi connectivity index (χ3n) is 3.69. The number of fused-ring (bicyclic) bond motifs is 1. The van der Waals surface area contributed by atoms with E-state index in [-0.39, 0.29) is 6.10 Å². The molecule has 0 saturated heterocycles. The van der Waals surface area contributed by atoms with Crippen molar-refractivity contribution in [2.24, 2.45) is 0 Å². The van der Waals surface area contributed by atoms with Gasteiger partial charge in [-0.05, 0) is 42.2 Å². The van der Waals surface area contributed by atoms with E-state index >= 15 is 0 Å². The molecule has 1 unspecified atom stereocenters. The van der Waals surface area contributed by atoms with Crippen LogP contribution in [0.15, 0.2) is 42.5 Å². The van der Waals surface area contributed by atoms with Gasteiger partial charge in [-0.1, -0.05) is 37.3 Å². The minimum Gasteiger partial charge on any atom is -0.489 e. The Morgan fingerprint density at radius 1 is 1.16 bits per heavy atom. The molecule has 1 aliphatic rings. The SMILES string of the molecule is CCC(CNC1CC1)Oc1ccc2ccccc2c1. The van der Waals surface area contributed by atoms with Crippen molar-refractivity contribution in [3.63, 3.8) is 0 Å². The largest absolute Gasteiger partial charge is 0.489 e. The highest BCUT2D eigenvalue weighted by Crippen LogP contribution is 2.22. The molecule has 19 heavy (non-hydrogen) atoms. The second-order valence-electron chi connectivity index (χ2n) is 5.34. The van der Waals surface area contributed by atoms with Crippen molar-refractivity contribution < 1.29 is 4.74 Å². The number of rotatable bonds is 6. The Hall–Kier alpha value is -1.54. The maximum atomic E-state index is 6.09. The van der Waals surface area contributed by atoms with Gasteiger partial charge in [-0.25, -0.2) is 0 Å². The molecule has 0 amide bonds. The summed E-state index contributed by atoms with van der Waals surface area (Å²) in [6.07, 6.45) is 3.95. The van der Waals surface area contributed by atoms with E-state index in [9.17, 15) is 0 Å². The van der Waals surface area contributed by atoms with Gasteiger partial charge in [0.2, 0.25) is 0 Å². The van der Waals surface area contributed by atoms with Crippen LogP contribution in [-0.2, 0) is 0 Å². The fourth-order valence-corrected chi connectivity index (χ4v) is 2.29. The first-order valence-electron chi connectivity index (χ1n) is 7.24. The molecule has 2 aromatic rings. The monoisotopic (exact) mass is 255 g/mol. The van der Waals surface area contributed by atoms with E-state index in [1.165, 1.54) is 23.6 Å². The summed E-state index contributed by atoms with van der Waals surface area (Å²) < 4.78 is 6.09. The van der Waals surface area contributed by atoms with Crippen LogP contribution in [0.2, 0.25) is 0 Å². The smallest absolute Gasteiger partial charge is 0.120 e. The van der Waals surface area contributed by atoms with Gasteiger partial charge in [0.05, 0.1) is 0 Å². The van der Waals surface area contributed by atoms with Crippen LogP contribution in [0.1, 0.15) is 26.2 Å². The predicted octanol–water partition coefficient (Wildman–Crippen LogP) is 3.75. The van der Waals surface area contributed by atoms with Crippen LogP contribution in [0.3, 0.4) is 0 Å². The highest BCUT2D eigenvalue weighted by Gasteiger charge is 2.21. The van der Waals surface area contributed by atoms with Crippen LogP contribution in [0.5, 0.6) is 5.75 Å². The molecule has 1 atom stereocenters. The summed E-state index contributed by atoms with van der Waals surface area (Å²) >= 11 is 0. The number of hydrogen-bond donors (Lipinski definition) is 1. The fourth-order valence-electron chi connectivity index (χ4n) is 2.29. The average Bonchev–Trinajstić information content (AvgIpc) is 3.27. The fraction of sp³-hybridized carbons (Fsp3) is 0.412. The minimum atomic E-state index is 0.266. The van der Waals surface area contributed by atoms with Crippen LogP contribution in [0, 0.1) is 0 Å². The molecule has 0 spiro atoms. The molecule has 0 aromatic heterocycles. The molecule has 100 valence electrons. The molecule has 1 fully saturated rings. The van der Waals surface area contributed by atoms with Crippen LogP contribution in [0.25, 0.3) is 10.8 Å². The second kappa shape index (κ2) is 5.62. The molecule has 0 radical (unpaired) electrons. The van der Waals surface area contributed by atoms with Gasteiger partial charge in [0.15, 0.2) is 0 Å². The lowest BCUT2D eigenvalue weighted by Gasteiger charge is -2.18. The lowest BCUT2D eigenvalue weighted by Crippen LogP contribution is -2.32. The summed E-state index contributed by atoms with van der Waals surface area (Å²) in [5.74, 6) is 0.975. The summed E-state index contributed by atoms with van der Waals surface area (Å²) in [5, 5.41) is 6.04. The van der Waals surface area contributed by atoms with Gasteiger partial charge in [0, 0.05) is 12.6 Å². The Morgan fingerprint density at radius 2 is 1.95 bits per heavy atom. The maximum Gasteiger partial charge on any atom is 0.120 e. The average molecular weight is 255 g/mol. The number of ether oxygens (including phenoxy) is 1. The van der Waals surface area contributed by atoms with Gasteiger partial charge in [-0.2, -0.15) is 0 Å². The van der Waals surface area contributed by atoms with Gasteiger partial charge < -0.3 is 10.1 Å². The Bertz CT molecular complexity index is 548.